The van der Waals surface area contributed by atoms with Crippen LogP contribution in [0.3, 0.4) is 0 Å². The Labute approximate surface area is 318 Å². The molecule has 1 aliphatic heterocycles. The minimum Gasteiger partial charge on any atom is -0.344 e. The van der Waals surface area contributed by atoms with Gasteiger partial charge in [-0.25, -0.2) is 9.98 Å². The predicted molar refractivity (Wildman–Crippen MR) is 231 cm³/mol. The van der Waals surface area contributed by atoms with Crippen LogP contribution in [0.15, 0.2) is 204 Å². The van der Waals surface area contributed by atoms with Crippen LogP contribution in [0.5, 0.6) is 0 Å². The maximum Gasteiger partial charge on any atom is 0.159 e. The fourth-order valence-corrected chi connectivity index (χ4v) is 8.51. The van der Waals surface area contributed by atoms with Crippen molar-refractivity contribution < 1.29 is 0 Å². The minimum atomic E-state index is -0.412. The summed E-state index contributed by atoms with van der Waals surface area (Å²) < 4.78 is 2.46. The smallest absolute Gasteiger partial charge is 0.159 e. The summed E-state index contributed by atoms with van der Waals surface area (Å²) in [4.78, 5) is 10.6. The van der Waals surface area contributed by atoms with Crippen molar-refractivity contribution in [2.45, 2.75) is 6.17 Å². The Balaban J connectivity index is 1.20. The van der Waals surface area contributed by atoms with Crippen molar-refractivity contribution in [3.63, 3.8) is 0 Å². The zero-order valence-corrected chi connectivity index (χ0v) is 29.9. The van der Waals surface area contributed by atoms with E-state index in [4.69, 9.17) is 9.98 Å². The molecule has 11 rings (SSSR count). The van der Waals surface area contributed by atoms with E-state index < -0.39 is 6.17 Å². The zero-order valence-electron chi connectivity index (χ0n) is 29.9. The molecule has 4 nitrogen and oxygen atoms in total. The molecule has 1 N–H and O–H groups in total. The van der Waals surface area contributed by atoms with Crippen molar-refractivity contribution in [2.75, 3.05) is 0 Å². The lowest BCUT2D eigenvalue weighted by Gasteiger charge is -2.26. The van der Waals surface area contributed by atoms with E-state index in [-0.39, 0.29) is 0 Å². The Kier molecular flexibility index (Phi) is 7.20. The molecule has 2 heterocycles. The van der Waals surface area contributed by atoms with Crippen LogP contribution in [-0.2, 0) is 0 Å². The lowest BCUT2D eigenvalue weighted by Crippen LogP contribution is -2.33. The van der Waals surface area contributed by atoms with E-state index in [0.717, 1.165) is 33.8 Å². The number of benzene rings is 9. The van der Waals surface area contributed by atoms with Crippen LogP contribution in [0.4, 0.5) is 0 Å². The fourth-order valence-electron chi connectivity index (χ4n) is 8.51. The molecule has 0 radical (unpaired) electrons. The standard InChI is InChI=1S/C51H34N4/c1-3-16-33(17-4-1)35-20-15-21-36(30-35)50-52-49(34-18-5-2-6-19-34)53-51(54-50)37-31-44-40-24-8-7-22-38(40)39-23-9-10-27-43(39)48(44)47(32-37)55-45-28-13-11-25-41(45)42-26-12-14-29-46(42)55/h1-32,51H,(H,52,53,54). The summed E-state index contributed by atoms with van der Waals surface area (Å²) in [7, 11) is 0. The van der Waals surface area contributed by atoms with Crippen molar-refractivity contribution in [3.05, 3.63) is 211 Å². The van der Waals surface area contributed by atoms with Gasteiger partial charge >= 0.3 is 0 Å². The normalized spacial score (nSPS) is 14.4. The molecular formula is C51H34N4. The van der Waals surface area contributed by atoms with E-state index in [2.05, 4.69) is 186 Å². The van der Waals surface area contributed by atoms with Crippen LogP contribution in [0.2, 0.25) is 0 Å². The van der Waals surface area contributed by atoms with Gasteiger partial charge in [-0.1, -0.05) is 164 Å². The number of hydrogen-bond acceptors (Lipinski definition) is 3. The van der Waals surface area contributed by atoms with E-state index in [1.807, 2.05) is 18.2 Å². The highest BCUT2D eigenvalue weighted by Gasteiger charge is 2.25. The second-order valence-corrected chi connectivity index (χ2v) is 14.2. The minimum absolute atomic E-state index is 0.412. The summed E-state index contributed by atoms with van der Waals surface area (Å²) in [6, 6.07) is 69.3. The molecule has 9 aromatic carbocycles. The largest absolute Gasteiger partial charge is 0.344 e. The molecule has 1 aromatic heterocycles. The maximum absolute atomic E-state index is 5.38. The topological polar surface area (TPSA) is 41.7 Å². The van der Waals surface area contributed by atoms with Crippen molar-refractivity contribution in [2.24, 2.45) is 9.98 Å². The third-order valence-electron chi connectivity index (χ3n) is 11.0. The van der Waals surface area contributed by atoms with E-state index in [0.29, 0.717) is 5.84 Å². The average molecular weight is 703 g/mol. The number of nitrogens with one attached hydrogen (secondary N) is 1. The van der Waals surface area contributed by atoms with Crippen LogP contribution < -0.4 is 5.32 Å². The van der Waals surface area contributed by atoms with E-state index in [1.54, 1.807) is 0 Å². The molecule has 0 fully saturated rings. The van der Waals surface area contributed by atoms with Crippen molar-refractivity contribution in [3.8, 4) is 16.8 Å². The van der Waals surface area contributed by atoms with Gasteiger partial charge in [0.05, 0.1) is 16.7 Å². The molecule has 4 heteroatoms. The molecule has 10 aromatic rings. The monoisotopic (exact) mass is 702 g/mol. The Morgan fingerprint density at radius 2 is 0.909 bits per heavy atom. The first-order valence-corrected chi connectivity index (χ1v) is 18.8. The number of rotatable bonds is 5. The van der Waals surface area contributed by atoms with Gasteiger partial charge in [0.25, 0.3) is 0 Å². The van der Waals surface area contributed by atoms with Gasteiger partial charge in [0, 0.05) is 27.3 Å². The molecule has 1 atom stereocenters. The number of fused-ring (bicyclic) bond motifs is 9. The van der Waals surface area contributed by atoms with Gasteiger partial charge in [-0.15, -0.1) is 0 Å². The molecule has 1 unspecified atom stereocenters. The summed E-state index contributed by atoms with van der Waals surface area (Å²) in [5.74, 6) is 1.49. The molecule has 0 amide bonds. The quantitative estimate of drug-likeness (QED) is 0.178. The molecular weight excluding hydrogens is 669 g/mol. The first-order chi connectivity index (χ1) is 27.3. The summed E-state index contributed by atoms with van der Waals surface area (Å²) in [5.41, 5.74) is 8.82. The Morgan fingerprint density at radius 1 is 0.400 bits per heavy atom. The second kappa shape index (κ2) is 12.7. The predicted octanol–water partition coefficient (Wildman–Crippen LogP) is 12.4. The molecule has 0 saturated heterocycles. The number of aromatic nitrogens is 1. The summed E-state index contributed by atoms with van der Waals surface area (Å²) in [5, 5.41) is 13.6. The van der Waals surface area contributed by atoms with Crippen LogP contribution in [0.1, 0.15) is 22.9 Å². The number of amidine groups is 2. The lowest BCUT2D eigenvalue weighted by atomic mass is 9.91. The fraction of sp³-hybridized carbons (Fsp3) is 0.0196. The van der Waals surface area contributed by atoms with E-state index in [1.165, 1.54) is 59.7 Å². The molecule has 258 valence electrons. The van der Waals surface area contributed by atoms with Gasteiger partial charge in [0.1, 0.15) is 12.0 Å². The van der Waals surface area contributed by atoms with Gasteiger partial charge in [-0.2, -0.15) is 0 Å². The highest BCUT2D eigenvalue weighted by Crippen LogP contribution is 2.43. The van der Waals surface area contributed by atoms with Gasteiger partial charge in [-0.3, -0.25) is 0 Å². The van der Waals surface area contributed by atoms with Crippen LogP contribution in [0.25, 0.3) is 70.9 Å². The van der Waals surface area contributed by atoms with Crippen LogP contribution >= 0.6 is 0 Å². The average Bonchev–Trinajstić information content (AvgIpc) is 3.61. The summed E-state index contributed by atoms with van der Waals surface area (Å²) in [6.45, 7) is 0. The molecule has 0 bridgehead atoms. The van der Waals surface area contributed by atoms with E-state index in [9.17, 15) is 0 Å². The van der Waals surface area contributed by atoms with Crippen LogP contribution in [-0.4, -0.2) is 16.2 Å². The van der Waals surface area contributed by atoms with E-state index >= 15 is 0 Å². The first kappa shape index (κ1) is 31.2. The lowest BCUT2D eigenvalue weighted by molar-refractivity contribution is 0.675. The first-order valence-electron chi connectivity index (χ1n) is 18.8. The van der Waals surface area contributed by atoms with Crippen molar-refractivity contribution in [1.82, 2.24) is 9.88 Å². The number of hydrogen-bond donors (Lipinski definition) is 1. The summed E-state index contributed by atoms with van der Waals surface area (Å²) in [6.07, 6.45) is -0.412. The molecule has 0 aliphatic carbocycles. The Morgan fingerprint density at radius 3 is 1.58 bits per heavy atom. The highest BCUT2D eigenvalue weighted by atomic mass is 15.2. The van der Waals surface area contributed by atoms with Crippen LogP contribution in [0, 0.1) is 0 Å². The maximum atomic E-state index is 5.38. The number of aliphatic imine (C=N–C) groups is 2. The molecule has 0 saturated carbocycles. The van der Waals surface area contributed by atoms with Crippen molar-refractivity contribution in [1.29, 1.82) is 0 Å². The van der Waals surface area contributed by atoms with Gasteiger partial charge in [0.2, 0.25) is 0 Å². The zero-order chi connectivity index (χ0) is 36.3. The van der Waals surface area contributed by atoms with Gasteiger partial charge < -0.3 is 9.88 Å². The highest BCUT2D eigenvalue weighted by molar-refractivity contribution is 6.28. The number of nitrogens with zero attached hydrogens (tertiary/aromatic N) is 3. The number of para-hydroxylation sites is 2. The second-order valence-electron chi connectivity index (χ2n) is 14.2. The Bertz CT molecular complexity index is 3120. The van der Waals surface area contributed by atoms with Gasteiger partial charge in [-0.05, 0) is 74.0 Å². The molecule has 0 spiro atoms. The Hall–Kier alpha value is -7.30. The van der Waals surface area contributed by atoms with Gasteiger partial charge in [0.15, 0.2) is 5.84 Å². The molecule has 1 aliphatic rings. The third kappa shape index (κ3) is 5.14. The van der Waals surface area contributed by atoms with Crippen molar-refractivity contribution >= 4 is 65.8 Å². The summed E-state index contributed by atoms with van der Waals surface area (Å²) >= 11 is 0. The third-order valence-corrected chi connectivity index (χ3v) is 11.0. The SMILES string of the molecule is c1ccc(C2=NC(c3cc(-n4c5ccccc5c5ccccc54)c4c5ccccc5c5ccccc5c4c3)NC(c3cccc(-c4ccccc4)c3)=N2)cc1. The molecule has 55 heavy (non-hydrogen) atoms.